The van der Waals surface area contributed by atoms with Crippen LogP contribution in [0.5, 0.6) is 0 Å². The third kappa shape index (κ3) is 1.69. The first-order valence-corrected chi connectivity index (χ1v) is 5.38. The Labute approximate surface area is 82.1 Å². The molecule has 4 heteroatoms. The number of nitrogens with zero attached hydrogens (tertiary/aromatic N) is 1. The maximum Gasteiger partial charge on any atom is 0.183 e. The zero-order chi connectivity index (χ0) is 9.31. The molecule has 0 bridgehead atoms. The van der Waals surface area contributed by atoms with Crippen LogP contribution in [0.4, 0.5) is 5.13 Å². The van der Waals surface area contributed by atoms with Gasteiger partial charge in [-0.3, -0.25) is 0 Å². The summed E-state index contributed by atoms with van der Waals surface area (Å²) in [6, 6.07) is 0. The second kappa shape index (κ2) is 3.27. The number of rotatable bonds is 2. The third-order valence-corrected chi connectivity index (χ3v) is 3.40. The van der Waals surface area contributed by atoms with Gasteiger partial charge in [0.05, 0.1) is 11.6 Å². The first-order valence-electron chi connectivity index (χ1n) is 4.50. The maximum absolute atomic E-state index is 5.53. The maximum atomic E-state index is 5.53. The first kappa shape index (κ1) is 8.97. The van der Waals surface area contributed by atoms with Crippen molar-refractivity contribution < 1.29 is 4.74 Å². The highest BCUT2D eigenvalue weighted by Crippen LogP contribution is 2.29. The van der Waals surface area contributed by atoms with Crippen molar-refractivity contribution in [1.29, 1.82) is 0 Å². The standard InChI is InChI=1S/C9H14N2OS/c1-7-9(2,3-5-12-7)11-8-10-4-6-13-8/h4,6-7H,3,5H2,1-2H3,(H,10,11). The van der Waals surface area contributed by atoms with Crippen LogP contribution in [-0.2, 0) is 4.74 Å². The van der Waals surface area contributed by atoms with Gasteiger partial charge in [-0.1, -0.05) is 0 Å². The van der Waals surface area contributed by atoms with Crippen LogP contribution in [0.3, 0.4) is 0 Å². The number of nitrogens with one attached hydrogen (secondary N) is 1. The first-order chi connectivity index (χ1) is 6.21. The van der Waals surface area contributed by atoms with E-state index < -0.39 is 0 Å². The van der Waals surface area contributed by atoms with Gasteiger partial charge in [-0.25, -0.2) is 4.98 Å². The van der Waals surface area contributed by atoms with E-state index in [0.29, 0.717) is 0 Å². The minimum Gasteiger partial charge on any atom is -0.376 e. The molecule has 1 fully saturated rings. The summed E-state index contributed by atoms with van der Waals surface area (Å²) in [5, 5.41) is 6.39. The molecule has 1 N–H and O–H groups in total. The van der Waals surface area contributed by atoms with Gasteiger partial charge in [-0.15, -0.1) is 11.3 Å². The highest BCUT2D eigenvalue weighted by Gasteiger charge is 2.37. The van der Waals surface area contributed by atoms with E-state index in [0.717, 1.165) is 18.2 Å². The van der Waals surface area contributed by atoms with Gasteiger partial charge in [0.25, 0.3) is 0 Å². The predicted molar refractivity (Wildman–Crippen MR) is 54.2 cm³/mol. The zero-order valence-electron chi connectivity index (χ0n) is 7.91. The molecule has 0 spiro atoms. The van der Waals surface area contributed by atoms with E-state index in [1.807, 2.05) is 11.6 Å². The summed E-state index contributed by atoms with van der Waals surface area (Å²) in [6.45, 7) is 5.13. The third-order valence-electron chi connectivity index (χ3n) is 2.71. The van der Waals surface area contributed by atoms with Gasteiger partial charge in [0.2, 0.25) is 0 Å². The summed E-state index contributed by atoms with van der Waals surface area (Å²) in [7, 11) is 0. The van der Waals surface area contributed by atoms with Crippen molar-refractivity contribution in [3.63, 3.8) is 0 Å². The quantitative estimate of drug-likeness (QED) is 0.790. The Morgan fingerprint density at radius 3 is 3.15 bits per heavy atom. The Bertz CT molecular complexity index is 275. The van der Waals surface area contributed by atoms with Crippen molar-refractivity contribution in [2.75, 3.05) is 11.9 Å². The van der Waals surface area contributed by atoms with Gasteiger partial charge >= 0.3 is 0 Å². The number of ether oxygens (including phenoxy) is 1. The number of thiazole rings is 1. The topological polar surface area (TPSA) is 34.1 Å². The monoisotopic (exact) mass is 198 g/mol. The Kier molecular flexibility index (Phi) is 2.26. The van der Waals surface area contributed by atoms with Crippen molar-refractivity contribution in [3.05, 3.63) is 11.6 Å². The van der Waals surface area contributed by atoms with Crippen molar-refractivity contribution in [1.82, 2.24) is 4.98 Å². The zero-order valence-corrected chi connectivity index (χ0v) is 8.73. The smallest absolute Gasteiger partial charge is 0.183 e. The fourth-order valence-electron chi connectivity index (χ4n) is 1.53. The molecule has 0 aromatic carbocycles. The van der Waals surface area contributed by atoms with E-state index >= 15 is 0 Å². The molecule has 1 aliphatic heterocycles. The molecular formula is C9H14N2OS. The summed E-state index contributed by atoms with van der Waals surface area (Å²) >= 11 is 1.63. The normalized spacial score (nSPS) is 33.5. The molecule has 3 nitrogen and oxygen atoms in total. The second-order valence-corrected chi connectivity index (χ2v) is 4.54. The molecule has 0 amide bonds. The van der Waals surface area contributed by atoms with Crippen molar-refractivity contribution in [2.24, 2.45) is 0 Å². The number of aromatic nitrogens is 1. The van der Waals surface area contributed by atoms with E-state index in [-0.39, 0.29) is 11.6 Å². The second-order valence-electron chi connectivity index (χ2n) is 3.64. The Morgan fingerprint density at radius 1 is 1.77 bits per heavy atom. The van der Waals surface area contributed by atoms with Crippen LogP contribution in [0.2, 0.25) is 0 Å². The van der Waals surface area contributed by atoms with Gasteiger partial charge in [-0.05, 0) is 20.3 Å². The molecule has 2 heterocycles. The lowest BCUT2D eigenvalue weighted by atomic mass is 9.95. The van der Waals surface area contributed by atoms with Crippen LogP contribution < -0.4 is 5.32 Å². The average molecular weight is 198 g/mol. The van der Waals surface area contributed by atoms with Crippen LogP contribution in [0.15, 0.2) is 11.6 Å². The Hall–Kier alpha value is -0.610. The van der Waals surface area contributed by atoms with E-state index in [9.17, 15) is 0 Å². The molecule has 2 unspecified atom stereocenters. The number of hydrogen-bond donors (Lipinski definition) is 1. The Balaban J connectivity index is 2.08. The van der Waals surface area contributed by atoms with E-state index in [2.05, 4.69) is 24.1 Å². The van der Waals surface area contributed by atoms with E-state index in [1.54, 1.807) is 11.3 Å². The molecule has 2 atom stereocenters. The van der Waals surface area contributed by atoms with Crippen LogP contribution in [0.1, 0.15) is 20.3 Å². The van der Waals surface area contributed by atoms with Gasteiger partial charge in [0.15, 0.2) is 5.13 Å². The number of anilines is 1. The largest absolute Gasteiger partial charge is 0.376 e. The van der Waals surface area contributed by atoms with E-state index in [1.165, 1.54) is 0 Å². The molecule has 1 aromatic heterocycles. The van der Waals surface area contributed by atoms with Gasteiger partial charge in [0, 0.05) is 18.2 Å². The Morgan fingerprint density at radius 2 is 2.62 bits per heavy atom. The SMILES string of the molecule is CC1OCCC1(C)Nc1nccs1. The molecule has 72 valence electrons. The van der Waals surface area contributed by atoms with Gasteiger partial charge in [-0.2, -0.15) is 0 Å². The van der Waals surface area contributed by atoms with Crippen molar-refractivity contribution in [2.45, 2.75) is 31.9 Å². The molecule has 0 saturated carbocycles. The summed E-state index contributed by atoms with van der Waals surface area (Å²) in [5.41, 5.74) is 0.0534. The number of hydrogen-bond acceptors (Lipinski definition) is 4. The lowest BCUT2D eigenvalue weighted by molar-refractivity contribution is 0.105. The molecular weight excluding hydrogens is 184 g/mol. The average Bonchev–Trinajstić information content (AvgIpc) is 2.65. The molecule has 2 rings (SSSR count). The molecule has 1 aliphatic rings. The molecule has 13 heavy (non-hydrogen) atoms. The fourth-order valence-corrected chi connectivity index (χ4v) is 2.19. The van der Waals surface area contributed by atoms with Crippen LogP contribution >= 0.6 is 11.3 Å². The fraction of sp³-hybridized carbons (Fsp3) is 0.667. The molecule has 0 aliphatic carbocycles. The highest BCUT2D eigenvalue weighted by atomic mass is 32.1. The molecule has 1 aromatic rings. The lowest BCUT2D eigenvalue weighted by Gasteiger charge is -2.28. The minimum atomic E-state index is 0.0534. The summed E-state index contributed by atoms with van der Waals surface area (Å²) in [6.07, 6.45) is 3.13. The van der Waals surface area contributed by atoms with Crippen molar-refractivity contribution in [3.8, 4) is 0 Å². The van der Waals surface area contributed by atoms with E-state index in [4.69, 9.17) is 4.74 Å². The van der Waals surface area contributed by atoms with Gasteiger partial charge in [0.1, 0.15) is 0 Å². The van der Waals surface area contributed by atoms with Crippen LogP contribution in [0, 0.1) is 0 Å². The lowest BCUT2D eigenvalue weighted by Crippen LogP contribution is -2.41. The predicted octanol–water partition coefficient (Wildman–Crippen LogP) is 2.12. The van der Waals surface area contributed by atoms with Crippen molar-refractivity contribution >= 4 is 16.5 Å². The minimum absolute atomic E-state index is 0.0534. The summed E-state index contributed by atoms with van der Waals surface area (Å²) in [5.74, 6) is 0. The summed E-state index contributed by atoms with van der Waals surface area (Å²) in [4.78, 5) is 4.21. The highest BCUT2D eigenvalue weighted by molar-refractivity contribution is 7.13. The molecule has 0 radical (unpaired) electrons. The van der Waals surface area contributed by atoms with Gasteiger partial charge < -0.3 is 10.1 Å². The van der Waals surface area contributed by atoms with Crippen LogP contribution in [0.25, 0.3) is 0 Å². The summed E-state index contributed by atoms with van der Waals surface area (Å²) < 4.78 is 5.53. The molecule has 1 saturated heterocycles. The van der Waals surface area contributed by atoms with Crippen LogP contribution in [-0.4, -0.2) is 23.2 Å².